The van der Waals surface area contributed by atoms with Crippen molar-refractivity contribution in [2.75, 3.05) is 26.7 Å². The topological polar surface area (TPSA) is 86.4 Å². The number of amides is 1. The number of nitrogens with zero attached hydrogens (tertiary/aromatic N) is 3. The van der Waals surface area contributed by atoms with E-state index in [1.54, 1.807) is 6.20 Å². The number of benzene rings is 2. The molecule has 0 saturated carbocycles. The Labute approximate surface area is 207 Å². The number of ether oxygens (including phenoxy) is 1. The number of H-pyrrole nitrogens is 2. The molecule has 1 amide bonds. The van der Waals surface area contributed by atoms with Gasteiger partial charge in [-0.2, -0.15) is 0 Å². The lowest BCUT2D eigenvalue weighted by atomic mass is 9.97. The summed E-state index contributed by atoms with van der Waals surface area (Å²) in [5.41, 5.74) is 4.01. The second-order valence-corrected chi connectivity index (χ2v) is 9.18. The van der Waals surface area contributed by atoms with Gasteiger partial charge in [-0.05, 0) is 42.0 Å². The van der Waals surface area contributed by atoms with Gasteiger partial charge < -0.3 is 19.2 Å². The Kier molecular flexibility index (Phi) is 6.52. The van der Waals surface area contributed by atoms with Crippen LogP contribution in [0.3, 0.4) is 0 Å². The van der Waals surface area contributed by atoms with E-state index in [0.29, 0.717) is 29.9 Å². The number of piperazine rings is 1. The predicted molar refractivity (Wildman–Crippen MR) is 137 cm³/mol. The van der Waals surface area contributed by atoms with Crippen molar-refractivity contribution in [3.8, 4) is 0 Å². The molecule has 0 aliphatic carbocycles. The molecule has 2 N–H and O–H groups in total. The molecule has 2 aromatic carbocycles. The van der Waals surface area contributed by atoms with Crippen LogP contribution in [0.2, 0.25) is 0 Å². The zero-order valence-corrected chi connectivity index (χ0v) is 20.3. The third-order valence-corrected chi connectivity index (χ3v) is 6.80. The van der Waals surface area contributed by atoms with Crippen LogP contribution in [0.4, 0.5) is 4.79 Å². The summed E-state index contributed by atoms with van der Waals surface area (Å²) in [5.74, 6) is 0. The van der Waals surface area contributed by atoms with Crippen LogP contribution in [0, 0.1) is 4.77 Å². The normalized spacial score (nSPS) is 16.5. The minimum Gasteiger partial charge on any atom is -0.445 e. The number of likely N-dealkylation sites (N-methyl/N-ethyl adjacent to an activating group) is 1. The van der Waals surface area contributed by atoms with Gasteiger partial charge in [0.2, 0.25) is 0 Å². The molecular formula is C26H27N5O3S. The Bertz CT molecular complexity index is 1460. The first-order valence-electron chi connectivity index (χ1n) is 11.5. The molecule has 1 unspecified atom stereocenters. The van der Waals surface area contributed by atoms with Gasteiger partial charge in [0.05, 0.1) is 18.1 Å². The number of fused-ring (bicyclic) bond motifs is 1. The van der Waals surface area contributed by atoms with Gasteiger partial charge in [-0.15, -0.1) is 0 Å². The first kappa shape index (κ1) is 23.1. The van der Waals surface area contributed by atoms with Gasteiger partial charge in [0, 0.05) is 25.8 Å². The highest BCUT2D eigenvalue weighted by molar-refractivity contribution is 7.71. The van der Waals surface area contributed by atoms with Gasteiger partial charge >= 0.3 is 6.09 Å². The van der Waals surface area contributed by atoms with Gasteiger partial charge in [-0.25, -0.2) is 4.79 Å². The summed E-state index contributed by atoms with van der Waals surface area (Å²) in [6.45, 7) is 2.73. The molecule has 0 bridgehead atoms. The van der Waals surface area contributed by atoms with E-state index in [2.05, 4.69) is 28.0 Å². The van der Waals surface area contributed by atoms with Crippen molar-refractivity contribution in [2.45, 2.75) is 19.2 Å². The molecule has 1 fully saturated rings. The van der Waals surface area contributed by atoms with Gasteiger partial charge in [0.15, 0.2) is 4.77 Å². The summed E-state index contributed by atoms with van der Waals surface area (Å²) in [5, 5.41) is 0. The molecule has 2 aromatic heterocycles. The molecule has 1 aliphatic rings. The van der Waals surface area contributed by atoms with Crippen molar-refractivity contribution in [1.82, 2.24) is 24.3 Å². The monoisotopic (exact) mass is 489 g/mol. The Morgan fingerprint density at radius 1 is 1.09 bits per heavy atom. The average molecular weight is 490 g/mol. The Hall–Kier alpha value is -3.69. The molecule has 9 heteroatoms. The average Bonchev–Trinajstić information content (AvgIpc) is 3.36. The van der Waals surface area contributed by atoms with Crippen molar-refractivity contribution in [3.05, 3.63) is 98.7 Å². The highest BCUT2D eigenvalue weighted by atomic mass is 32.1. The highest BCUT2D eigenvalue weighted by Gasteiger charge is 2.32. The van der Waals surface area contributed by atoms with Crippen molar-refractivity contribution >= 4 is 29.3 Å². The molecule has 0 spiro atoms. The minimum absolute atomic E-state index is 0.174. The molecule has 4 aromatic rings. The Balaban J connectivity index is 1.46. The fourth-order valence-electron chi connectivity index (χ4n) is 4.64. The fraction of sp³-hybridized carbons (Fsp3) is 0.269. The maximum Gasteiger partial charge on any atom is 0.410 e. The second-order valence-electron chi connectivity index (χ2n) is 8.79. The zero-order valence-electron chi connectivity index (χ0n) is 19.4. The predicted octanol–water partition coefficient (Wildman–Crippen LogP) is 4.06. The largest absolute Gasteiger partial charge is 0.445 e. The van der Waals surface area contributed by atoms with Crippen LogP contribution in [-0.4, -0.2) is 57.1 Å². The molecule has 180 valence electrons. The highest BCUT2D eigenvalue weighted by Crippen LogP contribution is 2.29. The summed E-state index contributed by atoms with van der Waals surface area (Å²) in [7, 11) is 2.06. The SMILES string of the molecule is CN1CCN(C(=O)OCc2ccccc2)C(c2ccccc2Cn2c(=S)[nH]c(=O)c3[nH]ccc32)C1. The van der Waals surface area contributed by atoms with Crippen molar-refractivity contribution in [2.24, 2.45) is 0 Å². The van der Waals surface area contributed by atoms with Crippen LogP contribution >= 0.6 is 12.2 Å². The van der Waals surface area contributed by atoms with Crippen LogP contribution in [0.25, 0.3) is 11.0 Å². The molecule has 8 nitrogen and oxygen atoms in total. The van der Waals surface area contributed by atoms with Gasteiger partial charge in [0.1, 0.15) is 12.1 Å². The van der Waals surface area contributed by atoms with Crippen LogP contribution in [-0.2, 0) is 17.9 Å². The van der Waals surface area contributed by atoms with E-state index in [9.17, 15) is 9.59 Å². The molecule has 1 saturated heterocycles. The number of aromatic amines is 2. The van der Waals surface area contributed by atoms with E-state index in [4.69, 9.17) is 17.0 Å². The van der Waals surface area contributed by atoms with Crippen LogP contribution < -0.4 is 5.56 Å². The molecule has 0 radical (unpaired) electrons. The molecule has 1 atom stereocenters. The molecule has 3 heterocycles. The third kappa shape index (κ3) is 4.78. The Morgan fingerprint density at radius 3 is 2.69 bits per heavy atom. The Morgan fingerprint density at radius 2 is 1.86 bits per heavy atom. The van der Waals surface area contributed by atoms with E-state index >= 15 is 0 Å². The van der Waals surface area contributed by atoms with Crippen molar-refractivity contribution in [1.29, 1.82) is 0 Å². The van der Waals surface area contributed by atoms with Crippen LogP contribution in [0.15, 0.2) is 71.7 Å². The maximum absolute atomic E-state index is 13.2. The van der Waals surface area contributed by atoms with E-state index in [0.717, 1.165) is 28.8 Å². The summed E-state index contributed by atoms with van der Waals surface area (Å²) >= 11 is 5.50. The van der Waals surface area contributed by atoms with E-state index < -0.39 is 0 Å². The summed E-state index contributed by atoms with van der Waals surface area (Å²) in [6.07, 6.45) is 1.41. The standard InChI is InChI=1S/C26H27N5O3S/c1-29-13-14-30(26(33)34-17-18-7-3-2-4-8-18)22(16-29)20-10-6-5-9-19(20)15-31-21-11-12-27-23(21)24(32)28-25(31)35/h2-12,22,27H,13-17H2,1H3,(H,28,32,35). The summed E-state index contributed by atoms with van der Waals surface area (Å²) < 4.78 is 7.96. The van der Waals surface area contributed by atoms with E-state index in [1.807, 2.05) is 64.1 Å². The maximum atomic E-state index is 13.2. The van der Waals surface area contributed by atoms with Gasteiger partial charge in [-0.1, -0.05) is 54.6 Å². The van der Waals surface area contributed by atoms with Crippen LogP contribution in [0.1, 0.15) is 22.7 Å². The zero-order chi connectivity index (χ0) is 24.4. The minimum atomic E-state index is -0.324. The van der Waals surface area contributed by atoms with E-state index in [1.165, 1.54) is 0 Å². The number of hydrogen-bond donors (Lipinski definition) is 2. The number of nitrogens with one attached hydrogen (secondary N) is 2. The molecule has 35 heavy (non-hydrogen) atoms. The number of hydrogen-bond acceptors (Lipinski definition) is 5. The first-order chi connectivity index (χ1) is 17.0. The van der Waals surface area contributed by atoms with Crippen molar-refractivity contribution in [3.63, 3.8) is 0 Å². The quantitative estimate of drug-likeness (QED) is 0.413. The lowest BCUT2D eigenvalue weighted by molar-refractivity contribution is 0.0488. The fourth-order valence-corrected chi connectivity index (χ4v) is 4.90. The summed E-state index contributed by atoms with van der Waals surface area (Å²) in [6, 6.07) is 19.4. The smallest absolute Gasteiger partial charge is 0.410 e. The van der Waals surface area contributed by atoms with Gasteiger partial charge in [0.25, 0.3) is 5.56 Å². The summed E-state index contributed by atoms with van der Waals surface area (Å²) in [4.78, 5) is 35.2. The van der Waals surface area contributed by atoms with Crippen LogP contribution in [0.5, 0.6) is 0 Å². The number of rotatable bonds is 5. The lowest BCUT2D eigenvalue weighted by Crippen LogP contribution is -2.49. The van der Waals surface area contributed by atoms with E-state index in [-0.39, 0.29) is 24.3 Å². The second kappa shape index (κ2) is 9.89. The number of aromatic nitrogens is 3. The van der Waals surface area contributed by atoms with Crippen molar-refractivity contribution < 1.29 is 9.53 Å². The molecule has 1 aliphatic heterocycles. The number of carbonyl (C=O) groups is 1. The third-order valence-electron chi connectivity index (χ3n) is 6.47. The molecular weight excluding hydrogens is 462 g/mol. The molecule has 5 rings (SSSR count). The lowest BCUT2D eigenvalue weighted by Gasteiger charge is -2.40. The van der Waals surface area contributed by atoms with Gasteiger partial charge in [-0.3, -0.25) is 14.7 Å². The first-order valence-corrected chi connectivity index (χ1v) is 12.0. The number of carbonyl (C=O) groups excluding carboxylic acids is 1.